The first-order chi connectivity index (χ1) is 2.00. The standard InChI is InChI=1S/Mn.4H2S.W/h;4*1H2;/q;;;;;+4/p-4. The molecule has 0 aliphatic carbocycles. The molecule has 0 aliphatic heterocycles. The van der Waals surface area contributed by atoms with E-state index in [9.17, 15) is 0 Å². The third kappa shape index (κ3) is 30.6. The van der Waals surface area contributed by atoms with Crippen LogP contribution in [0.5, 0.6) is 0 Å². The van der Waals surface area contributed by atoms with Crippen LogP contribution in [0.2, 0.25) is 0 Å². The van der Waals surface area contributed by atoms with Crippen LogP contribution >= 0.6 is 41.3 Å². The van der Waals surface area contributed by atoms with E-state index in [4.69, 9.17) is 0 Å². The van der Waals surface area contributed by atoms with Crippen LogP contribution in [-0.2, 0) is 28.0 Å². The topological polar surface area (TPSA) is 0 Å². The van der Waals surface area contributed by atoms with Gasteiger partial charge in [0.15, 0.2) is 0 Å². The summed E-state index contributed by atoms with van der Waals surface area (Å²) in [4.78, 5) is 0. The van der Waals surface area contributed by atoms with Gasteiger partial charge in [-0.25, -0.2) is 0 Å². The number of thiol groups is 4. The van der Waals surface area contributed by atoms with Crippen LogP contribution in [0.15, 0.2) is 0 Å². The van der Waals surface area contributed by atoms with Gasteiger partial charge in [0.25, 0.3) is 0 Å². The molecule has 0 rings (SSSR count). The average molecular weight is 371 g/mol. The van der Waals surface area contributed by atoms with Crippen molar-refractivity contribution in [3.05, 3.63) is 0 Å². The van der Waals surface area contributed by atoms with Crippen molar-refractivity contribution in [1.29, 1.82) is 0 Å². The van der Waals surface area contributed by atoms with Gasteiger partial charge in [-0.3, -0.25) is 0 Å². The molecular formula is H4MnS4W. The monoisotopic (exact) mass is 371 g/mol. The van der Waals surface area contributed by atoms with Gasteiger partial charge in [-0.05, 0) is 0 Å². The summed E-state index contributed by atoms with van der Waals surface area (Å²) in [5.74, 6) is 0. The molecule has 0 saturated heterocycles. The SMILES string of the molecule is [Mn].[SH][W]([SH])([SH])[SH]. The van der Waals surface area contributed by atoms with Crippen LogP contribution in [-0.4, -0.2) is 0 Å². The average Bonchev–Trinajstić information content (AvgIpc) is 0.722. The van der Waals surface area contributed by atoms with E-state index in [1.54, 1.807) is 0 Å². The molecule has 0 saturated carbocycles. The summed E-state index contributed by atoms with van der Waals surface area (Å²) in [6.07, 6.45) is 0. The predicted octanol–water partition coefficient (Wildman–Crippen LogP) is 1.52. The van der Waals surface area contributed by atoms with Crippen LogP contribution in [0.3, 0.4) is 0 Å². The maximum absolute atomic E-state index is 3.92. The number of rotatable bonds is 0. The van der Waals surface area contributed by atoms with Crippen LogP contribution in [0.1, 0.15) is 0 Å². The molecule has 0 fully saturated rings. The molecule has 0 bridgehead atoms. The zero-order valence-corrected chi connectivity index (χ0v) is 10.3. The van der Waals surface area contributed by atoms with Crippen molar-refractivity contribution in [3.8, 4) is 0 Å². The van der Waals surface area contributed by atoms with Gasteiger partial charge < -0.3 is 0 Å². The summed E-state index contributed by atoms with van der Waals surface area (Å²) in [5.41, 5.74) is 0. The van der Waals surface area contributed by atoms with Gasteiger partial charge >= 0.3 is 52.3 Å². The molecule has 41 valence electrons. The summed E-state index contributed by atoms with van der Waals surface area (Å²) in [6, 6.07) is 0. The molecular weight excluding hydrogens is 367 g/mol. The first kappa shape index (κ1) is 11.4. The molecule has 0 spiro atoms. The molecule has 0 nitrogen and oxygen atoms in total. The van der Waals surface area contributed by atoms with E-state index in [1.807, 2.05) is 0 Å². The minimum absolute atomic E-state index is 0. The fourth-order valence-corrected chi connectivity index (χ4v) is 0. The Morgan fingerprint density at radius 3 is 0.833 bits per heavy atom. The Morgan fingerprint density at radius 1 is 0.833 bits per heavy atom. The maximum atomic E-state index is 3.92. The molecule has 0 aliphatic rings. The molecule has 1 radical (unpaired) electrons. The molecule has 0 amide bonds. The first-order valence-electron chi connectivity index (χ1n) is 0.730. The van der Waals surface area contributed by atoms with Gasteiger partial charge in [0.2, 0.25) is 0 Å². The second kappa shape index (κ2) is 4.48. The van der Waals surface area contributed by atoms with Crippen molar-refractivity contribution in [1.82, 2.24) is 0 Å². The number of hydrogen-bond acceptors (Lipinski definition) is 4. The summed E-state index contributed by atoms with van der Waals surface area (Å²) in [5, 5.41) is 0. The first-order valence-corrected chi connectivity index (χ1v) is 17.9. The molecule has 0 aromatic heterocycles. The fraction of sp³-hybridized carbons (Fsp3) is 0. The Kier molecular flexibility index (Phi) is 8.53. The van der Waals surface area contributed by atoms with E-state index in [0.29, 0.717) is 0 Å². The van der Waals surface area contributed by atoms with Crippen molar-refractivity contribution >= 4 is 41.3 Å². The fourth-order valence-electron chi connectivity index (χ4n) is 0. The molecule has 0 heterocycles. The third-order valence-corrected chi connectivity index (χ3v) is 0. The molecule has 6 heavy (non-hydrogen) atoms. The van der Waals surface area contributed by atoms with Gasteiger partial charge in [-0.2, -0.15) is 0 Å². The molecule has 0 unspecified atom stereocenters. The van der Waals surface area contributed by atoms with Crippen LogP contribution in [0.4, 0.5) is 0 Å². The van der Waals surface area contributed by atoms with E-state index >= 15 is 0 Å². The Hall–Kier alpha value is 2.61. The molecule has 0 aromatic rings. The third-order valence-electron chi connectivity index (χ3n) is 0. The second-order valence-corrected chi connectivity index (χ2v) is 36.1. The quantitative estimate of drug-likeness (QED) is 0.360. The minimum atomic E-state index is -2.39. The van der Waals surface area contributed by atoms with Gasteiger partial charge in [-0.15, -0.1) is 0 Å². The summed E-state index contributed by atoms with van der Waals surface area (Å²) in [6.45, 7) is 0. The van der Waals surface area contributed by atoms with Gasteiger partial charge in [-0.1, -0.05) is 0 Å². The summed E-state index contributed by atoms with van der Waals surface area (Å²) < 4.78 is 0. The van der Waals surface area contributed by atoms with Crippen molar-refractivity contribution in [3.63, 3.8) is 0 Å². The van der Waals surface area contributed by atoms with Crippen molar-refractivity contribution in [2.45, 2.75) is 0 Å². The van der Waals surface area contributed by atoms with E-state index < -0.39 is 10.9 Å². The molecule has 6 heteroatoms. The normalized spacial score (nSPS) is 12.7. The van der Waals surface area contributed by atoms with Crippen molar-refractivity contribution in [2.24, 2.45) is 0 Å². The summed E-state index contributed by atoms with van der Waals surface area (Å²) in [7, 11) is 13.3. The van der Waals surface area contributed by atoms with Crippen molar-refractivity contribution in [2.75, 3.05) is 0 Å². The van der Waals surface area contributed by atoms with Gasteiger partial charge in [0, 0.05) is 17.1 Å². The zero-order valence-electron chi connectivity index (χ0n) is 2.58. The second-order valence-electron chi connectivity index (χ2n) is 0.490. The van der Waals surface area contributed by atoms with Crippen molar-refractivity contribution < 1.29 is 28.0 Å². The van der Waals surface area contributed by atoms with Crippen LogP contribution < -0.4 is 0 Å². The molecule has 0 N–H and O–H groups in total. The number of hydrogen-bond donors (Lipinski definition) is 4. The molecule has 0 atom stereocenters. The van der Waals surface area contributed by atoms with Gasteiger partial charge in [0.05, 0.1) is 0 Å². The summed E-state index contributed by atoms with van der Waals surface area (Å²) >= 11 is 0. The van der Waals surface area contributed by atoms with Crippen LogP contribution in [0, 0.1) is 0 Å². The van der Waals surface area contributed by atoms with Gasteiger partial charge in [0.1, 0.15) is 0 Å². The van der Waals surface area contributed by atoms with E-state index in [-0.39, 0.29) is 17.1 Å². The van der Waals surface area contributed by atoms with Crippen LogP contribution in [0.25, 0.3) is 0 Å². The predicted molar refractivity (Wildman–Crippen MR) is 35.9 cm³/mol. The Morgan fingerprint density at radius 2 is 0.833 bits per heavy atom. The Bertz CT molecular complexity index is 23.0. The Labute approximate surface area is 68.4 Å². The van der Waals surface area contributed by atoms with E-state index in [0.717, 1.165) is 0 Å². The zero-order chi connectivity index (χ0) is 4.50. The molecule has 0 aromatic carbocycles. The Balaban J connectivity index is 0. The van der Waals surface area contributed by atoms with E-state index in [2.05, 4.69) is 41.3 Å². The van der Waals surface area contributed by atoms with E-state index in [1.165, 1.54) is 0 Å².